The monoisotopic (exact) mass is 258 g/mol. The van der Waals surface area contributed by atoms with Crippen LogP contribution in [0, 0.1) is 0 Å². The summed E-state index contributed by atoms with van der Waals surface area (Å²) in [5.74, 6) is -1.49. The molecule has 3 unspecified atom stereocenters. The van der Waals surface area contributed by atoms with Crippen LogP contribution in [0.1, 0.15) is 27.7 Å². The van der Waals surface area contributed by atoms with Crippen LogP contribution in [0.25, 0.3) is 0 Å². The van der Waals surface area contributed by atoms with Crippen molar-refractivity contribution in [3.05, 3.63) is 0 Å². The van der Waals surface area contributed by atoms with Gasteiger partial charge in [-0.25, -0.2) is 0 Å². The van der Waals surface area contributed by atoms with Crippen molar-refractivity contribution in [3.63, 3.8) is 0 Å². The van der Waals surface area contributed by atoms with Crippen LogP contribution in [0.5, 0.6) is 0 Å². The highest BCUT2D eigenvalue weighted by atomic mass is 16.9. The van der Waals surface area contributed by atoms with Crippen molar-refractivity contribution in [2.45, 2.75) is 70.0 Å². The zero-order valence-corrected chi connectivity index (χ0v) is 10.9. The van der Waals surface area contributed by atoms with Gasteiger partial charge in [-0.05, 0) is 27.7 Å². The fourth-order valence-corrected chi connectivity index (χ4v) is 2.75. The quantitative estimate of drug-likeness (QED) is 0.641. The molecular weight excluding hydrogens is 240 g/mol. The normalized spacial score (nSPS) is 48.6. The van der Waals surface area contributed by atoms with Crippen LogP contribution in [0.2, 0.25) is 0 Å². The summed E-state index contributed by atoms with van der Waals surface area (Å²) in [6.07, 6.45) is -1.72. The highest BCUT2D eigenvalue weighted by Crippen LogP contribution is 2.43. The standard InChI is InChI=1S/C12H18O6/c1-11(2)15-7-6(5-13)14-10-9(8(7)16-11)17-12(3,4)18-10/h5-10H,1-4H3/t6?,7-,8?,9?,10+/m0/s1. The van der Waals surface area contributed by atoms with Gasteiger partial charge in [-0.15, -0.1) is 0 Å². The average molecular weight is 258 g/mol. The lowest BCUT2D eigenvalue weighted by Gasteiger charge is -2.34. The number of aldehydes is 1. The summed E-state index contributed by atoms with van der Waals surface area (Å²) in [6, 6.07) is 0. The third-order valence-electron chi connectivity index (χ3n) is 3.32. The van der Waals surface area contributed by atoms with E-state index in [4.69, 9.17) is 23.7 Å². The molecule has 5 atom stereocenters. The van der Waals surface area contributed by atoms with Crippen LogP contribution >= 0.6 is 0 Å². The van der Waals surface area contributed by atoms with Crippen molar-refractivity contribution >= 4 is 6.29 Å². The predicted molar refractivity (Wildman–Crippen MR) is 58.6 cm³/mol. The van der Waals surface area contributed by atoms with Gasteiger partial charge in [-0.3, -0.25) is 0 Å². The van der Waals surface area contributed by atoms with E-state index in [1.165, 1.54) is 0 Å². The summed E-state index contributed by atoms with van der Waals surface area (Å²) < 4.78 is 28.5. The molecular formula is C12H18O6. The van der Waals surface area contributed by atoms with E-state index in [1.807, 2.05) is 13.8 Å². The summed E-state index contributed by atoms with van der Waals surface area (Å²) in [4.78, 5) is 11.1. The second-order valence-electron chi connectivity index (χ2n) is 5.77. The maximum atomic E-state index is 11.1. The Hall–Kier alpha value is -0.530. The summed E-state index contributed by atoms with van der Waals surface area (Å²) in [6.45, 7) is 7.23. The van der Waals surface area contributed by atoms with E-state index in [0.29, 0.717) is 0 Å². The third kappa shape index (κ3) is 1.88. The molecule has 102 valence electrons. The summed E-state index contributed by atoms with van der Waals surface area (Å²) in [7, 11) is 0. The van der Waals surface area contributed by atoms with E-state index in [1.54, 1.807) is 13.8 Å². The SMILES string of the molecule is CC1(C)OC2C3OC(C)(C)O[C@H]3C(C=O)O[C@@H]2O1. The van der Waals surface area contributed by atoms with Crippen molar-refractivity contribution < 1.29 is 28.5 Å². The van der Waals surface area contributed by atoms with Gasteiger partial charge in [0, 0.05) is 0 Å². The minimum absolute atomic E-state index is 0.351. The number of ether oxygens (including phenoxy) is 5. The van der Waals surface area contributed by atoms with Gasteiger partial charge in [0.15, 0.2) is 24.2 Å². The molecule has 3 saturated heterocycles. The van der Waals surface area contributed by atoms with Crippen LogP contribution < -0.4 is 0 Å². The molecule has 6 nitrogen and oxygen atoms in total. The van der Waals surface area contributed by atoms with Crippen LogP contribution in [-0.2, 0) is 28.5 Å². The molecule has 0 aliphatic carbocycles. The smallest absolute Gasteiger partial charge is 0.190 e. The van der Waals surface area contributed by atoms with Crippen molar-refractivity contribution in [3.8, 4) is 0 Å². The highest BCUT2D eigenvalue weighted by molar-refractivity contribution is 5.58. The molecule has 0 saturated carbocycles. The maximum Gasteiger partial charge on any atom is 0.190 e. The van der Waals surface area contributed by atoms with Gasteiger partial charge in [-0.1, -0.05) is 0 Å². The Morgan fingerprint density at radius 3 is 2.06 bits per heavy atom. The van der Waals surface area contributed by atoms with Gasteiger partial charge in [0.25, 0.3) is 0 Å². The fraction of sp³-hybridized carbons (Fsp3) is 0.917. The average Bonchev–Trinajstić information content (AvgIpc) is 2.71. The van der Waals surface area contributed by atoms with E-state index in [9.17, 15) is 4.79 Å². The minimum atomic E-state index is -0.745. The summed E-state index contributed by atoms with van der Waals surface area (Å²) >= 11 is 0. The second kappa shape index (κ2) is 3.74. The number of hydrogen-bond donors (Lipinski definition) is 0. The Labute approximate surface area is 105 Å². The molecule has 0 aromatic carbocycles. The van der Waals surface area contributed by atoms with E-state index in [-0.39, 0.29) is 12.2 Å². The predicted octanol–water partition coefficient (Wildman–Crippen LogP) is 0.582. The molecule has 0 bridgehead atoms. The molecule has 0 aromatic heterocycles. The van der Waals surface area contributed by atoms with Gasteiger partial charge < -0.3 is 28.5 Å². The van der Waals surface area contributed by atoms with E-state index in [0.717, 1.165) is 6.29 Å². The topological polar surface area (TPSA) is 63.2 Å². The number of carbonyl (C=O) groups excluding carboxylic acids is 1. The Kier molecular flexibility index (Phi) is 2.60. The Morgan fingerprint density at radius 1 is 0.833 bits per heavy atom. The number of hydrogen-bond acceptors (Lipinski definition) is 6. The molecule has 6 heteroatoms. The summed E-state index contributed by atoms with van der Waals surface area (Å²) in [5.41, 5.74) is 0. The van der Waals surface area contributed by atoms with Crippen LogP contribution in [-0.4, -0.2) is 48.6 Å². The molecule has 3 rings (SSSR count). The van der Waals surface area contributed by atoms with Gasteiger partial charge in [0.05, 0.1) is 0 Å². The lowest BCUT2D eigenvalue weighted by molar-refractivity contribution is -0.226. The molecule has 18 heavy (non-hydrogen) atoms. The van der Waals surface area contributed by atoms with Gasteiger partial charge in [0.2, 0.25) is 0 Å². The first-order valence-electron chi connectivity index (χ1n) is 6.13. The van der Waals surface area contributed by atoms with Gasteiger partial charge in [-0.2, -0.15) is 0 Å². The number of carbonyl (C=O) groups is 1. The second-order valence-corrected chi connectivity index (χ2v) is 5.77. The lowest BCUT2D eigenvalue weighted by Crippen LogP contribution is -2.55. The first-order chi connectivity index (χ1) is 8.31. The zero-order valence-electron chi connectivity index (χ0n) is 10.9. The van der Waals surface area contributed by atoms with Crippen molar-refractivity contribution in [1.29, 1.82) is 0 Å². The van der Waals surface area contributed by atoms with Gasteiger partial charge >= 0.3 is 0 Å². The van der Waals surface area contributed by atoms with Crippen LogP contribution in [0.15, 0.2) is 0 Å². The molecule has 0 radical (unpaired) electrons. The van der Waals surface area contributed by atoms with Crippen LogP contribution in [0.4, 0.5) is 0 Å². The van der Waals surface area contributed by atoms with E-state index >= 15 is 0 Å². The Bertz CT molecular complexity index is 366. The molecule has 0 N–H and O–H groups in total. The lowest BCUT2D eigenvalue weighted by atomic mass is 10.00. The number of fused-ring (bicyclic) bond motifs is 3. The molecule has 0 amide bonds. The molecule has 3 aliphatic heterocycles. The maximum absolute atomic E-state index is 11.1. The molecule has 3 fully saturated rings. The Morgan fingerprint density at radius 2 is 1.39 bits per heavy atom. The molecule has 3 heterocycles. The molecule has 0 spiro atoms. The molecule has 3 aliphatic rings. The minimum Gasteiger partial charge on any atom is -0.342 e. The van der Waals surface area contributed by atoms with E-state index < -0.39 is 30.1 Å². The first-order valence-corrected chi connectivity index (χ1v) is 6.13. The van der Waals surface area contributed by atoms with Crippen molar-refractivity contribution in [2.75, 3.05) is 0 Å². The van der Waals surface area contributed by atoms with Crippen molar-refractivity contribution in [1.82, 2.24) is 0 Å². The summed E-state index contributed by atoms with van der Waals surface area (Å²) in [5, 5.41) is 0. The molecule has 0 aromatic rings. The third-order valence-corrected chi connectivity index (χ3v) is 3.32. The van der Waals surface area contributed by atoms with Crippen molar-refractivity contribution in [2.24, 2.45) is 0 Å². The number of rotatable bonds is 1. The first kappa shape index (κ1) is 12.5. The largest absolute Gasteiger partial charge is 0.342 e. The highest BCUT2D eigenvalue weighted by Gasteiger charge is 2.60. The zero-order chi connectivity index (χ0) is 13.1. The van der Waals surface area contributed by atoms with Gasteiger partial charge in [0.1, 0.15) is 24.4 Å². The fourth-order valence-electron chi connectivity index (χ4n) is 2.75. The van der Waals surface area contributed by atoms with Crippen LogP contribution in [0.3, 0.4) is 0 Å². The van der Waals surface area contributed by atoms with E-state index in [2.05, 4.69) is 0 Å². The Balaban J connectivity index is 1.89.